The highest BCUT2D eigenvalue weighted by Gasteiger charge is 2.35. The second-order valence-electron chi connectivity index (χ2n) is 9.80. The van der Waals surface area contributed by atoms with Gasteiger partial charge in [-0.1, -0.05) is 30.3 Å². The Labute approximate surface area is 200 Å². The van der Waals surface area contributed by atoms with Gasteiger partial charge in [0.05, 0.1) is 6.67 Å². The van der Waals surface area contributed by atoms with Crippen LogP contribution in [-0.2, 0) is 6.42 Å². The van der Waals surface area contributed by atoms with Gasteiger partial charge in [0.2, 0.25) is 0 Å². The van der Waals surface area contributed by atoms with Crippen molar-refractivity contribution in [2.24, 2.45) is 5.92 Å². The molecule has 4 nitrogen and oxygen atoms in total. The predicted molar refractivity (Wildman–Crippen MR) is 132 cm³/mol. The largest absolute Gasteiger partial charge is 0.508 e. The topological polar surface area (TPSA) is 52.9 Å². The molecule has 4 atom stereocenters. The lowest BCUT2D eigenvalue weighted by atomic mass is 9.82. The van der Waals surface area contributed by atoms with Crippen LogP contribution in [-0.4, -0.2) is 47.5 Å². The highest BCUT2D eigenvalue weighted by atomic mass is 19.1. The molecule has 4 unspecified atom stereocenters. The lowest BCUT2D eigenvalue weighted by Crippen LogP contribution is -2.35. The number of benzene rings is 3. The van der Waals surface area contributed by atoms with Crippen molar-refractivity contribution in [2.75, 3.05) is 26.4 Å². The molecule has 0 amide bonds. The first-order valence-electron chi connectivity index (χ1n) is 12.2. The highest BCUT2D eigenvalue weighted by molar-refractivity contribution is 5.51. The molecule has 1 fully saturated rings. The third-order valence-electron chi connectivity index (χ3n) is 7.51. The van der Waals surface area contributed by atoms with E-state index in [4.69, 9.17) is 4.74 Å². The Hall–Kier alpha value is -3.05. The van der Waals surface area contributed by atoms with E-state index in [1.807, 2.05) is 36.4 Å². The van der Waals surface area contributed by atoms with Crippen LogP contribution in [0.3, 0.4) is 0 Å². The molecule has 0 saturated carbocycles. The van der Waals surface area contributed by atoms with Crippen molar-refractivity contribution in [3.8, 4) is 17.2 Å². The van der Waals surface area contributed by atoms with Crippen LogP contribution in [0.2, 0.25) is 0 Å². The van der Waals surface area contributed by atoms with Gasteiger partial charge in [-0.3, -0.25) is 9.29 Å². The van der Waals surface area contributed by atoms with Crippen LogP contribution >= 0.6 is 0 Å². The van der Waals surface area contributed by atoms with E-state index in [2.05, 4.69) is 24.0 Å². The van der Waals surface area contributed by atoms with Crippen molar-refractivity contribution in [3.63, 3.8) is 0 Å². The molecule has 3 aromatic carbocycles. The minimum absolute atomic E-state index is 0.162. The molecule has 2 N–H and O–H groups in total. The summed E-state index contributed by atoms with van der Waals surface area (Å²) in [5, 5.41) is 19.8. The van der Waals surface area contributed by atoms with Crippen molar-refractivity contribution in [1.82, 2.24) is 4.90 Å². The summed E-state index contributed by atoms with van der Waals surface area (Å²) in [6, 6.07) is 21.7. The molecule has 1 heterocycles. The van der Waals surface area contributed by atoms with Gasteiger partial charge in [-0.05, 0) is 90.9 Å². The number of phenols is 2. The lowest BCUT2D eigenvalue weighted by Gasteiger charge is -2.25. The van der Waals surface area contributed by atoms with Gasteiger partial charge >= 0.3 is 0 Å². The summed E-state index contributed by atoms with van der Waals surface area (Å²) in [7, 11) is 0. The number of likely N-dealkylation sites (tertiary alicyclic amines) is 1. The van der Waals surface area contributed by atoms with Gasteiger partial charge in [-0.25, -0.2) is 0 Å². The van der Waals surface area contributed by atoms with Crippen molar-refractivity contribution in [3.05, 3.63) is 89.0 Å². The normalized spacial score (nSPS) is 23.1. The van der Waals surface area contributed by atoms with Crippen LogP contribution in [0.5, 0.6) is 17.2 Å². The van der Waals surface area contributed by atoms with Gasteiger partial charge < -0.3 is 14.9 Å². The molecular formula is C29H32FNO3. The summed E-state index contributed by atoms with van der Waals surface area (Å²) in [4.78, 5) is 2.31. The minimum Gasteiger partial charge on any atom is -0.508 e. The Morgan fingerprint density at radius 2 is 1.68 bits per heavy atom. The summed E-state index contributed by atoms with van der Waals surface area (Å²) < 4.78 is 19.0. The Balaban J connectivity index is 1.32. The fourth-order valence-electron chi connectivity index (χ4n) is 5.57. The van der Waals surface area contributed by atoms with Gasteiger partial charge in [-0.15, -0.1) is 0 Å². The average molecular weight is 462 g/mol. The van der Waals surface area contributed by atoms with Crippen LogP contribution in [0, 0.1) is 5.92 Å². The molecule has 3 aromatic rings. The van der Waals surface area contributed by atoms with E-state index >= 15 is 0 Å². The maximum Gasteiger partial charge on any atom is 0.119 e. The smallest absolute Gasteiger partial charge is 0.119 e. The SMILES string of the molecule is CC(COc1ccc(C2c3ccc(O)cc3CC2c2ccc(O)cc2)cc1)N1CCC(CF)C1. The number of nitrogens with zero attached hydrogens (tertiary/aromatic N) is 1. The monoisotopic (exact) mass is 461 g/mol. The number of ether oxygens (including phenoxy) is 1. The molecule has 5 heteroatoms. The first-order valence-corrected chi connectivity index (χ1v) is 12.2. The van der Waals surface area contributed by atoms with Crippen LogP contribution in [0.25, 0.3) is 0 Å². The van der Waals surface area contributed by atoms with Crippen molar-refractivity contribution >= 4 is 0 Å². The maximum atomic E-state index is 12.9. The number of phenolic OH excluding ortho intramolecular Hbond substituents is 2. The Bertz CT molecular complexity index is 1120. The van der Waals surface area contributed by atoms with E-state index in [9.17, 15) is 14.6 Å². The van der Waals surface area contributed by atoms with E-state index < -0.39 is 0 Å². The molecule has 0 bridgehead atoms. The van der Waals surface area contributed by atoms with Crippen molar-refractivity contribution in [2.45, 2.75) is 37.6 Å². The lowest BCUT2D eigenvalue weighted by molar-refractivity contribution is 0.165. The molecule has 1 aliphatic carbocycles. The summed E-state index contributed by atoms with van der Waals surface area (Å²) in [5.41, 5.74) is 4.77. The Kier molecular flexibility index (Phi) is 6.46. The highest BCUT2D eigenvalue weighted by Crippen LogP contribution is 2.48. The standard InChI is InChI=1S/C29H32FNO3/c1-19(31-13-12-20(16-30)17-31)18-34-26-9-4-22(5-10-26)29-27-11-8-25(33)14-23(27)15-28(29)21-2-6-24(32)7-3-21/h2-11,14,19-20,28-29,32-33H,12-13,15-18H2,1H3. The second kappa shape index (κ2) is 9.67. The van der Waals surface area contributed by atoms with Crippen LogP contribution in [0.15, 0.2) is 66.7 Å². The first kappa shape index (κ1) is 22.7. The Morgan fingerprint density at radius 1 is 0.971 bits per heavy atom. The van der Waals surface area contributed by atoms with E-state index in [0.717, 1.165) is 37.2 Å². The third kappa shape index (κ3) is 4.62. The average Bonchev–Trinajstić information content (AvgIpc) is 3.48. The van der Waals surface area contributed by atoms with E-state index in [0.29, 0.717) is 6.61 Å². The van der Waals surface area contributed by atoms with Crippen molar-refractivity contribution < 1.29 is 19.3 Å². The van der Waals surface area contributed by atoms with Crippen LogP contribution < -0.4 is 4.74 Å². The number of hydrogen-bond acceptors (Lipinski definition) is 4. The molecule has 1 aliphatic heterocycles. The third-order valence-corrected chi connectivity index (χ3v) is 7.51. The molecule has 34 heavy (non-hydrogen) atoms. The number of rotatable bonds is 7. The molecule has 5 rings (SSSR count). The van der Waals surface area contributed by atoms with Crippen LogP contribution in [0.4, 0.5) is 4.39 Å². The van der Waals surface area contributed by atoms with Crippen molar-refractivity contribution in [1.29, 1.82) is 0 Å². The number of halogens is 1. The quantitative estimate of drug-likeness (QED) is 0.479. The van der Waals surface area contributed by atoms with Gasteiger partial charge in [-0.2, -0.15) is 0 Å². The molecular weight excluding hydrogens is 429 g/mol. The van der Waals surface area contributed by atoms with E-state index in [1.54, 1.807) is 18.2 Å². The zero-order valence-electron chi connectivity index (χ0n) is 19.5. The fourth-order valence-corrected chi connectivity index (χ4v) is 5.57. The molecule has 0 aromatic heterocycles. The van der Waals surface area contributed by atoms with Gasteiger partial charge in [0.15, 0.2) is 0 Å². The second-order valence-corrected chi connectivity index (χ2v) is 9.80. The molecule has 2 aliphatic rings. The summed E-state index contributed by atoms with van der Waals surface area (Å²) >= 11 is 0. The molecule has 1 saturated heterocycles. The Morgan fingerprint density at radius 3 is 2.38 bits per heavy atom. The summed E-state index contributed by atoms with van der Waals surface area (Å²) in [6.07, 6.45) is 1.77. The maximum absolute atomic E-state index is 12.9. The number of fused-ring (bicyclic) bond motifs is 1. The van der Waals surface area contributed by atoms with Gasteiger partial charge in [0, 0.05) is 24.4 Å². The predicted octanol–water partition coefficient (Wildman–Crippen LogP) is 5.63. The zero-order chi connectivity index (χ0) is 23.7. The van der Waals surface area contributed by atoms with Crippen LogP contribution in [0.1, 0.15) is 47.4 Å². The van der Waals surface area contributed by atoms with E-state index in [-0.39, 0.29) is 42.0 Å². The molecule has 0 radical (unpaired) electrons. The first-order chi connectivity index (χ1) is 16.5. The number of hydrogen-bond donors (Lipinski definition) is 2. The molecule has 178 valence electrons. The van der Waals surface area contributed by atoms with E-state index in [1.165, 1.54) is 16.7 Å². The minimum atomic E-state index is -0.236. The van der Waals surface area contributed by atoms with Gasteiger partial charge in [0.1, 0.15) is 23.9 Å². The fraction of sp³-hybridized carbons (Fsp3) is 0.379. The zero-order valence-corrected chi connectivity index (χ0v) is 19.5. The summed E-state index contributed by atoms with van der Waals surface area (Å²) in [5.74, 6) is 1.94. The number of alkyl halides is 1. The summed E-state index contributed by atoms with van der Waals surface area (Å²) in [6.45, 7) is 4.24. The number of aromatic hydroxyl groups is 2. The van der Waals surface area contributed by atoms with Gasteiger partial charge in [0.25, 0.3) is 0 Å². The molecule has 0 spiro atoms.